The minimum absolute atomic E-state index is 0.0183. The van der Waals surface area contributed by atoms with Gasteiger partial charge in [0.2, 0.25) is 4.96 Å². The maximum Gasteiger partial charge on any atom is 0.331 e. The van der Waals surface area contributed by atoms with Gasteiger partial charge in [-0.1, -0.05) is 23.5 Å². The van der Waals surface area contributed by atoms with Gasteiger partial charge < -0.3 is 4.74 Å². The summed E-state index contributed by atoms with van der Waals surface area (Å²) in [5, 5.41) is 5.35. The molecule has 0 radical (unpaired) electrons. The molecule has 0 aliphatic rings. The molecule has 130 valence electrons. The summed E-state index contributed by atoms with van der Waals surface area (Å²) in [7, 11) is 0. The van der Waals surface area contributed by atoms with Crippen LogP contribution in [0.2, 0.25) is 0 Å². The second-order valence-electron chi connectivity index (χ2n) is 5.39. The quantitative estimate of drug-likeness (QED) is 0.397. The van der Waals surface area contributed by atoms with Crippen LogP contribution in [-0.4, -0.2) is 25.6 Å². The maximum atomic E-state index is 11.9. The summed E-state index contributed by atoms with van der Waals surface area (Å²) in [5.41, 5.74) is 1.27. The Labute approximate surface area is 155 Å². The fourth-order valence-electron chi connectivity index (χ4n) is 2.30. The van der Waals surface area contributed by atoms with Gasteiger partial charge in [0.25, 0.3) is 5.56 Å². The van der Waals surface area contributed by atoms with Gasteiger partial charge in [-0.25, -0.2) is 14.8 Å². The number of thiazole rings is 1. The van der Waals surface area contributed by atoms with Crippen molar-refractivity contribution in [1.82, 2.24) is 19.6 Å². The first-order chi connectivity index (χ1) is 12.6. The van der Waals surface area contributed by atoms with E-state index in [2.05, 4.69) is 15.1 Å². The number of fused-ring (bicyclic) bond motifs is 2. The van der Waals surface area contributed by atoms with Gasteiger partial charge >= 0.3 is 5.97 Å². The molecule has 0 fully saturated rings. The van der Waals surface area contributed by atoms with Crippen LogP contribution in [-0.2, 0) is 16.1 Å². The predicted molar refractivity (Wildman–Crippen MR) is 100 cm³/mol. The third-order valence-electron chi connectivity index (χ3n) is 3.43. The highest BCUT2D eigenvalue weighted by molar-refractivity contribution is 7.19. The van der Waals surface area contributed by atoms with Crippen molar-refractivity contribution in [2.75, 3.05) is 0 Å². The molecule has 0 spiro atoms. The highest BCUT2D eigenvalue weighted by Gasteiger charge is 2.09. The van der Waals surface area contributed by atoms with Crippen molar-refractivity contribution in [1.29, 1.82) is 0 Å². The molecule has 0 saturated carbocycles. The molecule has 0 N–H and O–H groups in total. The summed E-state index contributed by atoms with van der Waals surface area (Å²) in [6, 6.07) is 9.18. The molecule has 0 amide bonds. The van der Waals surface area contributed by atoms with Gasteiger partial charge in [0, 0.05) is 17.8 Å². The lowest BCUT2D eigenvalue weighted by Gasteiger charge is -1.96. The Bertz CT molecular complexity index is 1170. The summed E-state index contributed by atoms with van der Waals surface area (Å²) in [5.74, 6) is -0.500. The summed E-state index contributed by atoms with van der Waals surface area (Å²) in [4.78, 5) is 32.9. The average molecular weight is 384 g/mol. The van der Waals surface area contributed by atoms with Gasteiger partial charge in [-0.05, 0) is 25.1 Å². The Balaban J connectivity index is 1.43. The summed E-state index contributed by atoms with van der Waals surface area (Å²) >= 11 is 2.71. The van der Waals surface area contributed by atoms with E-state index in [0.717, 1.165) is 15.2 Å². The molecule has 9 heteroatoms. The zero-order valence-electron chi connectivity index (χ0n) is 13.6. The number of hydrogen-bond acceptors (Lipinski definition) is 8. The number of carbonyl (C=O) groups excluding carboxylic acids is 1. The lowest BCUT2D eigenvalue weighted by Crippen LogP contribution is -2.14. The minimum atomic E-state index is -0.500. The first-order valence-corrected chi connectivity index (χ1v) is 9.28. The lowest BCUT2D eigenvalue weighted by molar-refractivity contribution is -0.138. The highest BCUT2D eigenvalue weighted by atomic mass is 32.1. The van der Waals surface area contributed by atoms with Crippen molar-refractivity contribution in [3.63, 3.8) is 0 Å². The zero-order chi connectivity index (χ0) is 18.1. The standard InChI is InChI=1S/C17H12N4O3S2/c1-10-8-15(22)21-17(18-10)26-14(20-21)9-24-16(23)7-6-13-19-11-4-2-3-5-12(11)25-13/h2-8H,9H2,1H3/b7-6+. The zero-order valence-corrected chi connectivity index (χ0v) is 15.2. The van der Waals surface area contributed by atoms with E-state index in [0.29, 0.717) is 15.7 Å². The van der Waals surface area contributed by atoms with E-state index in [1.54, 1.807) is 13.0 Å². The Kier molecular flexibility index (Phi) is 4.31. The number of nitrogens with zero attached hydrogens (tertiary/aromatic N) is 4. The fraction of sp³-hybridized carbons (Fsp3) is 0.118. The van der Waals surface area contributed by atoms with Crippen LogP contribution in [0.5, 0.6) is 0 Å². The molecular formula is C17H12N4O3S2. The number of benzene rings is 1. The van der Waals surface area contributed by atoms with E-state index in [1.165, 1.54) is 39.3 Å². The van der Waals surface area contributed by atoms with Crippen LogP contribution in [0.3, 0.4) is 0 Å². The van der Waals surface area contributed by atoms with Crippen LogP contribution >= 0.6 is 22.7 Å². The highest BCUT2D eigenvalue weighted by Crippen LogP contribution is 2.22. The summed E-state index contributed by atoms with van der Waals surface area (Å²) < 4.78 is 7.44. The van der Waals surface area contributed by atoms with E-state index in [1.807, 2.05) is 24.3 Å². The second-order valence-corrected chi connectivity index (χ2v) is 7.49. The van der Waals surface area contributed by atoms with E-state index < -0.39 is 5.97 Å². The molecule has 4 rings (SSSR count). The van der Waals surface area contributed by atoms with E-state index >= 15 is 0 Å². The third kappa shape index (κ3) is 3.39. The van der Waals surface area contributed by atoms with Crippen molar-refractivity contribution in [3.05, 3.63) is 62.5 Å². The number of rotatable bonds is 4. The Morgan fingerprint density at radius 1 is 1.27 bits per heavy atom. The molecular weight excluding hydrogens is 372 g/mol. The molecule has 26 heavy (non-hydrogen) atoms. The van der Waals surface area contributed by atoms with Crippen LogP contribution < -0.4 is 5.56 Å². The minimum Gasteiger partial charge on any atom is -0.455 e. The largest absolute Gasteiger partial charge is 0.455 e. The topological polar surface area (TPSA) is 86.5 Å². The Hall–Kier alpha value is -2.91. The number of ether oxygens (including phenoxy) is 1. The number of carbonyl (C=O) groups is 1. The van der Waals surface area contributed by atoms with Gasteiger partial charge in [-0.2, -0.15) is 9.61 Å². The molecule has 0 unspecified atom stereocenters. The maximum absolute atomic E-state index is 11.9. The average Bonchev–Trinajstić information content (AvgIpc) is 3.21. The van der Waals surface area contributed by atoms with E-state index in [-0.39, 0.29) is 12.2 Å². The van der Waals surface area contributed by atoms with Crippen LogP contribution in [0.1, 0.15) is 15.7 Å². The van der Waals surface area contributed by atoms with Crippen LogP contribution in [0.15, 0.2) is 41.2 Å². The monoisotopic (exact) mass is 384 g/mol. The SMILES string of the molecule is Cc1cc(=O)n2nc(COC(=O)/C=C/c3nc4ccccc4s3)sc2n1. The van der Waals surface area contributed by atoms with Gasteiger partial charge in [-0.3, -0.25) is 4.79 Å². The molecule has 3 heterocycles. The first kappa shape index (κ1) is 16.6. The molecule has 0 atom stereocenters. The van der Waals surface area contributed by atoms with Gasteiger partial charge in [0.15, 0.2) is 5.01 Å². The van der Waals surface area contributed by atoms with Gasteiger partial charge in [-0.15, -0.1) is 11.3 Å². The normalized spacial score (nSPS) is 11.6. The number of hydrogen-bond donors (Lipinski definition) is 0. The molecule has 0 aliphatic carbocycles. The van der Waals surface area contributed by atoms with Gasteiger partial charge in [0.1, 0.15) is 11.6 Å². The first-order valence-electron chi connectivity index (χ1n) is 7.65. The second kappa shape index (κ2) is 6.77. The molecule has 1 aromatic carbocycles. The van der Waals surface area contributed by atoms with Crippen molar-refractivity contribution in [3.8, 4) is 0 Å². The summed E-state index contributed by atoms with van der Waals surface area (Å²) in [6.45, 7) is 1.73. The van der Waals surface area contributed by atoms with Crippen molar-refractivity contribution >= 4 is 49.9 Å². The molecule has 7 nitrogen and oxygen atoms in total. The van der Waals surface area contributed by atoms with Gasteiger partial charge in [0.05, 0.1) is 10.2 Å². The van der Waals surface area contributed by atoms with Crippen LogP contribution in [0, 0.1) is 6.92 Å². The van der Waals surface area contributed by atoms with Crippen molar-refractivity contribution in [2.45, 2.75) is 13.5 Å². The molecule has 0 bridgehead atoms. The van der Waals surface area contributed by atoms with E-state index in [4.69, 9.17) is 4.74 Å². The lowest BCUT2D eigenvalue weighted by atomic mass is 10.3. The predicted octanol–water partition coefficient (Wildman–Crippen LogP) is 2.83. The molecule has 3 aromatic heterocycles. The number of aryl methyl sites for hydroxylation is 1. The van der Waals surface area contributed by atoms with Crippen LogP contribution in [0.25, 0.3) is 21.3 Å². The molecule has 0 aliphatic heterocycles. The Morgan fingerprint density at radius 2 is 2.12 bits per heavy atom. The number of esters is 1. The van der Waals surface area contributed by atoms with Crippen molar-refractivity contribution < 1.29 is 9.53 Å². The number of para-hydroxylation sites is 1. The van der Waals surface area contributed by atoms with Crippen LogP contribution in [0.4, 0.5) is 0 Å². The van der Waals surface area contributed by atoms with E-state index in [9.17, 15) is 9.59 Å². The summed E-state index contributed by atoms with van der Waals surface area (Å²) in [6.07, 6.45) is 2.96. The number of aromatic nitrogens is 4. The fourth-order valence-corrected chi connectivity index (χ4v) is 4.03. The smallest absolute Gasteiger partial charge is 0.331 e. The van der Waals surface area contributed by atoms with Crippen molar-refractivity contribution in [2.24, 2.45) is 0 Å². The molecule has 0 saturated heterocycles. The Morgan fingerprint density at radius 3 is 2.96 bits per heavy atom. The third-order valence-corrected chi connectivity index (χ3v) is 5.31. The molecule has 4 aromatic rings.